The lowest BCUT2D eigenvalue weighted by Gasteiger charge is -2.37. The fourth-order valence-corrected chi connectivity index (χ4v) is 4.63. The summed E-state index contributed by atoms with van der Waals surface area (Å²) in [7, 11) is 2.89. The molecule has 0 spiro atoms. The van der Waals surface area contributed by atoms with E-state index >= 15 is 0 Å². The van der Waals surface area contributed by atoms with Crippen LogP contribution >= 0.6 is 0 Å². The normalized spacial score (nSPS) is 26.5. The number of benzene rings is 2. The summed E-state index contributed by atoms with van der Waals surface area (Å²) in [6.45, 7) is 0.246. The summed E-state index contributed by atoms with van der Waals surface area (Å²) >= 11 is 0. The molecule has 29 heavy (non-hydrogen) atoms. The first-order valence-corrected chi connectivity index (χ1v) is 9.26. The van der Waals surface area contributed by atoms with E-state index in [1.54, 1.807) is 24.3 Å². The molecule has 2 N–H and O–H groups in total. The predicted molar refractivity (Wildman–Crippen MR) is 98.5 cm³/mol. The highest BCUT2D eigenvalue weighted by molar-refractivity contribution is 5.79. The SMILES string of the molecule is COc1cc(C2c3cc4c(cc3[C@H](O)[C@H]3COC(=O)[C@H]23)OCO4)cc(OC)c1O. The van der Waals surface area contributed by atoms with Crippen LogP contribution in [-0.4, -0.2) is 43.8 Å². The van der Waals surface area contributed by atoms with E-state index in [9.17, 15) is 15.0 Å². The summed E-state index contributed by atoms with van der Waals surface area (Å²) in [5.41, 5.74) is 2.12. The molecular weight excluding hydrogens is 380 g/mol. The van der Waals surface area contributed by atoms with Crippen molar-refractivity contribution in [3.63, 3.8) is 0 Å². The molecule has 1 saturated heterocycles. The number of esters is 1. The molecule has 2 heterocycles. The molecule has 0 radical (unpaired) electrons. The zero-order chi connectivity index (χ0) is 20.3. The Balaban J connectivity index is 1.75. The Kier molecular flexibility index (Phi) is 3.99. The van der Waals surface area contributed by atoms with E-state index in [4.69, 9.17) is 23.7 Å². The molecule has 2 aromatic rings. The van der Waals surface area contributed by atoms with Crippen molar-refractivity contribution in [2.75, 3.05) is 27.6 Å². The number of cyclic esters (lactones) is 1. The number of aliphatic hydroxyl groups is 1. The molecule has 8 nitrogen and oxygen atoms in total. The average Bonchev–Trinajstić information content (AvgIpc) is 3.34. The zero-order valence-electron chi connectivity index (χ0n) is 15.9. The van der Waals surface area contributed by atoms with Gasteiger partial charge in [0.25, 0.3) is 0 Å². The monoisotopic (exact) mass is 400 g/mol. The molecule has 4 atom stereocenters. The summed E-state index contributed by atoms with van der Waals surface area (Å²) in [5, 5.41) is 21.3. The van der Waals surface area contributed by atoms with E-state index in [0.29, 0.717) is 22.6 Å². The second-order valence-corrected chi connectivity index (χ2v) is 7.35. The highest BCUT2D eigenvalue weighted by Gasteiger charge is 2.52. The molecule has 0 aromatic heterocycles. The first kappa shape index (κ1) is 17.9. The number of aromatic hydroxyl groups is 1. The van der Waals surface area contributed by atoms with Crippen molar-refractivity contribution in [2.45, 2.75) is 12.0 Å². The molecular formula is C21H20O8. The van der Waals surface area contributed by atoms with Gasteiger partial charge in [-0.05, 0) is 41.0 Å². The van der Waals surface area contributed by atoms with Crippen LogP contribution in [0.5, 0.6) is 28.7 Å². The summed E-state index contributed by atoms with van der Waals surface area (Å²) in [6, 6.07) is 6.93. The van der Waals surface area contributed by atoms with Crippen molar-refractivity contribution in [1.29, 1.82) is 0 Å². The molecule has 0 bridgehead atoms. The van der Waals surface area contributed by atoms with Crippen LogP contribution < -0.4 is 18.9 Å². The maximum atomic E-state index is 12.7. The van der Waals surface area contributed by atoms with Gasteiger partial charge >= 0.3 is 5.97 Å². The minimum absolute atomic E-state index is 0.106. The molecule has 1 aliphatic carbocycles. The third kappa shape index (κ3) is 2.52. The maximum absolute atomic E-state index is 12.7. The van der Waals surface area contributed by atoms with E-state index in [1.165, 1.54) is 14.2 Å². The van der Waals surface area contributed by atoms with Gasteiger partial charge in [-0.1, -0.05) is 0 Å². The third-order valence-electron chi connectivity index (χ3n) is 6.01. The Labute approximate surface area is 166 Å². The van der Waals surface area contributed by atoms with Crippen molar-refractivity contribution < 1.29 is 38.7 Å². The van der Waals surface area contributed by atoms with Gasteiger partial charge in [0.1, 0.15) is 0 Å². The van der Waals surface area contributed by atoms with Crippen LogP contribution in [-0.2, 0) is 9.53 Å². The van der Waals surface area contributed by atoms with Gasteiger partial charge in [-0.15, -0.1) is 0 Å². The number of hydrogen-bond acceptors (Lipinski definition) is 8. The number of rotatable bonds is 3. The Morgan fingerprint density at radius 3 is 2.21 bits per heavy atom. The first-order valence-electron chi connectivity index (χ1n) is 9.26. The van der Waals surface area contributed by atoms with E-state index in [2.05, 4.69) is 0 Å². The number of fused-ring (bicyclic) bond motifs is 3. The second-order valence-electron chi connectivity index (χ2n) is 7.35. The number of methoxy groups -OCH3 is 2. The van der Waals surface area contributed by atoms with Crippen LogP contribution in [0.25, 0.3) is 0 Å². The molecule has 3 aliphatic rings. The Morgan fingerprint density at radius 2 is 1.59 bits per heavy atom. The maximum Gasteiger partial charge on any atom is 0.310 e. The largest absolute Gasteiger partial charge is 0.502 e. The number of hydrogen-bond donors (Lipinski definition) is 2. The van der Waals surface area contributed by atoms with Gasteiger partial charge in [0.15, 0.2) is 23.0 Å². The minimum Gasteiger partial charge on any atom is -0.502 e. The highest BCUT2D eigenvalue weighted by atomic mass is 16.7. The third-order valence-corrected chi connectivity index (χ3v) is 6.01. The standard InChI is InChI=1S/C21H20O8/c1-25-15-3-9(4-16(26-2)20(15)23)17-10-5-13-14(29-8-28-13)6-11(10)19(22)12-7-27-21(24)18(12)17/h3-6,12,17-19,22-23H,7-8H2,1-2H3/t12-,17?,18-,19-/m0/s1. The van der Waals surface area contributed by atoms with Crippen LogP contribution in [0.15, 0.2) is 24.3 Å². The molecule has 8 heteroatoms. The number of ether oxygens (including phenoxy) is 5. The van der Waals surface area contributed by atoms with Crippen molar-refractivity contribution in [3.05, 3.63) is 41.0 Å². The summed E-state index contributed by atoms with van der Waals surface area (Å²) < 4.78 is 26.9. The second kappa shape index (κ2) is 6.45. The number of carbonyl (C=O) groups is 1. The fraction of sp³-hybridized carbons (Fsp3) is 0.381. The lowest BCUT2D eigenvalue weighted by molar-refractivity contribution is -0.141. The fourth-order valence-electron chi connectivity index (χ4n) is 4.63. The smallest absolute Gasteiger partial charge is 0.310 e. The predicted octanol–water partition coefficient (Wildman–Crippen LogP) is 2.11. The van der Waals surface area contributed by atoms with Gasteiger partial charge in [0, 0.05) is 11.8 Å². The van der Waals surface area contributed by atoms with Gasteiger partial charge in [-0.2, -0.15) is 0 Å². The van der Waals surface area contributed by atoms with Gasteiger partial charge < -0.3 is 33.9 Å². The lowest BCUT2D eigenvalue weighted by atomic mass is 9.66. The van der Waals surface area contributed by atoms with Crippen molar-refractivity contribution in [2.24, 2.45) is 11.8 Å². The Morgan fingerprint density at radius 1 is 0.966 bits per heavy atom. The topological polar surface area (TPSA) is 104 Å². The molecule has 1 unspecified atom stereocenters. The van der Waals surface area contributed by atoms with E-state index in [1.807, 2.05) is 0 Å². The first-order chi connectivity index (χ1) is 14.0. The molecule has 2 aromatic carbocycles. The van der Waals surface area contributed by atoms with Crippen molar-refractivity contribution >= 4 is 5.97 Å². The van der Waals surface area contributed by atoms with Gasteiger partial charge in [-0.3, -0.25) is 4.79 Å². The molecule has 0 amide bonds. The van der Waals surface area contributed by atoms with E-state index < -0.39 is 23.9 Å². The van der Waals surface area contributed by atoms with Gasteiger partial charge in [-0.25, -0.2) is 0 Å². The van der Waals surface area contributed by atoms with Crippen molar-refractivity contribution in [1.82, 2.24) is 0 Å². The Bertz CT molecular complexity index is 975. The number of carbonyl (C=O) groups excluding carboxylic acids is 1. The number of phenols is 1. The number of aliphatic hydroxyl groups excluding tert-OH is 1. The molecule has 2 aliphatic heterocycles. The van der Waals surface area contributed by atoms with Crippen LogP contribution in [0, 0.1) is 11.8 Å². The molecule has 5 rings (SSSR count). The summed E-state index contributed by atoms with van der Waals surface area (Å²) in [5.74, 6) is -0.324. The van der Waals surface area contributed by atoms with Gasteiger partial charge in [0.05, 0.1) is 32.8 Å². The molecule has 152 valence electrons. The van der Waals surface area contributed by atoms with Crippen LogP contribution in [0.4, 0.5) is 0 Å². The lowest BCUT2D eigenvalue weighted by Crippen LogP contribution is -2.34. The Hall–Kier alpha value is -3.13. The molecule has 1 fully saturated rings. The molecule has 0 saturated carbocycles. The van der Waals surface area contributed by atoms with Crippen LogP contribution in [0.1, 0.15) is 28.7 Å². The van der Waals surface area contributed by atoms with Crippen LogP contribution in [0.2, 0.25) is 0 Å². The van der Waals surface area contributed by atoms with Gasteiger partial charge in [0.2, 0.25) is 12.5 Å². The van der Waals surface area contributed by atoms with Crippen molar-refractivity contribution in [3.8, 4) is 28.7 Å². The quantitative estimate of drug-likeness (QED) is 0.755. The number of phenolic OH excluding ortho intramolecular Hbond substituents is 1. The average molecular weight is 400 g/mol. The van der Waals surface area contributed by atoms with E-state index in [-0.39, 0.29) is 36.6 Å². The van der Waals surface area contributed by atoms with E-state index in [0.717, 1.165) is 5.56 Å². The summed E-state index contributed by atoms with van der Waals surface area (Å²) in [6.07, 6.45) is -0.867. The summed E-state index contributed by atoms with van der Waals surface area (Å²) in [4.78, 5) is 12.7. The minimum atomic E-state index is -0.867. The highest BCUT2D eigenvalue weighted by Crippen LogP contribution is 2.55. The van der Waals surface area contributed by atoms with Crippen LogP contribution in [0.3, 0.4) is 0 Å². The zero-order valence-corrected chi connectivity index (χ0v) is 15.9.